The van der Waals surface area contributed by atoms with Crippen LogP contribution in [0.25, 0.3) is 0 Å². The number of benzene rings is 1. The fraction of sp³-hybridized carbons (Fsp3) is 0.550. The number of carboxylic acids is 1. The fourth-order valence-corrected chi connectivity index (χ4v) is 4.20. The lowest BCUT2D eigenvalue weighted by atomic mass is 9.67. The largest absolute Gasteiger partial charge is 0.481 e. The molecule has 1 fully saturated rings. The minimum absolute atomic E-state index is 0.000572. The van der Waals surface area contributed by atoms with E-state index in [-0.39, 0.29) is 24.2 Å². The summed E-state index contributed by atoms with van der Waals surface area (Å²) in [6.07, 6.45) is 5.95. The lowest BCUT2D eigenvalue weighted by Crippen LogP contribution is -2.42. The average molecular weight is 358 g/mol. The molecule has 3 N–H and O–H groups in total. The van der Waals surface area contributed by atoms with Gasteiger partial charge in [0.25, 0.3) is 0 Å². The summed E-state index contributed by atoms with van der Waals surface area (Å²) < 4.78 is 0. The van der Waals surface area contributed by atoms with Crippen molar-refractivity contribution in [3.8, 4) is 0 Å². The van der Waals surface area contributed by atoms with E-state index in [1.165, 1.54) is 0 Å². The number of amides is 2. The number of carboxylic acid groups (broad SMARTS) is 1. The minimum atomic E-state index is -0.943. The van der Waals surface area contributed by atoms with E-state index >= 15 is 0 Å². The molecule has 140 valence electrons. The Kier molecular flexibility index (Phi) is 5.30. The third-order valence-electron chi connectivity index (χ3n) is 5.80. The van der Waals surface area contributed by atoms with Crippen LogP contribution in [0, 0.1) is 11.3 Å². The van der Waals surface area contributed by atoms with Crippen molar-refractivity contribution in [1.82, 2.24) is 0 Å². The van der Waals surface area contributed by atoms with E-state index < -0.39 is 11.4 Å². The molecule has 26 heavy (non-hydrogen) atoms. The quantitative estimate of drug-likeness (QED) is 0.750. The van der Waals surface area contributed by atoms with Gasteiger partial charge in [-0.25, -0.2) is 0 Å². The Morgan fingerprint density at radius 2 is 1.96 bits per heavy atom. The maximum absolute atomic E-state index is 13.0. The summed E-state index contributed by atoms with van der Waals surface area (Å²) >= 11 is 0. The van der Waals surface area contributed by atoms with Crippen LogP contribution in [-0.2, 0) is 20.8 Å². The third-order valence-corrected chi connectivity index (χ3v) is 5.80. The van der Waals surface area contributed by atoms with Crippen molar-refractivity contribution in [2.45, 2.75) is 58.3 Å². The number of aliphatic carboxylic acids is 1. The summed E-state index contributed by atoms with van der Waals surface area (Å²) in [5, 5.41) is 15.1. The first kappa shape index (κ1) is 18.4. The molecule has 0 radical (unpaired) electrons. The molecule has 1 unspecified atom stereocenters. The van der Waals surface area contributed by atoms with Gasteiger partial charge >= 0.3 is 5.97 Å². The predicted octanol–water partition coefficient (Wildman–Crippen LogP) is 3.57. The number of hydrogen-bond acceptors (Lipinski definition) is 3. The SMILES string of the molecule is CC(CC(=O)O)(C(=O)Nc1ccc2c(c1)CCC(=O)N2)C1CCCCC1. The second kappa shape index (κ2) is 7.48. The van der Waals surface area contributed by atoms with Crippen LogP contribution in [0.1, 0.15) is 57.4 Å². The Morgan fingerprint density at radius 1 is 1.23 bits per heavy atom. The fourth-order valence-electron chi connectivity index (χ4n) is 4.20. The Morgan fingerprint density at radius 3 is 2.65 bits per heavy atom. The van der Waals surface area contributed by atoms with E-state index in [2.05, 4.69) is 10.6 Å². The Hall–Kier alpha value is -2.37. The van der Waals surface area contributed by atoms with Gasteiger partial charge in [-0.3, -0.25) is 14.4 Å². The lowest BCUT2D eigenvalue weighted by Gasteiger charge is -2.37. The van der Waals surface area contributed by atoms with Gasteiger partial charge in [0.1, 0.15) is 0 Å². The zero-order valence-corrected chi connectivity index (χ0v) is 15.1. The van der Waals surface area contributed by atoms with Crippen LogP contribution in [0.3, 0.4) is 0 Å². The number of rotatable bonds is 5. The van der Waals surface area contributed by atoms with Crippen molar-refractivity contribution in [2.24, 2.45) is 11.3 Å². The molecule has 0 spiro atoms. The summed E-state index contributed by atoms with van der Waals surface area (Å²) in [6, 6.07) is 5.41. The molecule has 2 amide bonds. The van der Waals surface area contributed by atoms with Gasteiger partial charge in [-0.2, -0.15) is 0 Å². The molecule has 1 aromatic rings. The maximum Gasteiger partial charge on any atom is 0.304 e. The van der Waals surface area contributed by atoms with E-state index in [1.54, 1.807) is 19.1 Å². The normalized spacial score (nSPS) is 19.8. The first-order valence-electron chi connectivity index (χ1n) is 9.34. The standard InChI is InChI=1S/C20H26N2O4/c1-20(12-18(24)25,14-5-3-2-4-6-14)19(26)21-15-8-9-16-13(11-15)7-10-17(23)22-16/h8-9,11,14H,2-7,10,12H2,1H3,(H,21,26)(H,22,23)(H,24,25). The summed E-state index contributed by atoms with van der Waals surface area (Å²) in [5.74, 6) is -1.09. The molecule has 3 rings (SSSR count). The summed E-state index contributed by atoms with van der Waals surface area (Å²) in [6.45, 7) is 1.78. The zero-order chi connectivity index (χ0) is 18.7. The number of nitrogens with one attached hydrogen (secondary N) is 2. The Bertz CT molecular complexity index is 725. The van der Waals surface area contributed by atoms with Crippen LogP contribution < -0.4 is 10.6 Å². The molecule has 0 bridgehead atoms. The van der Waals surface area contributed by atoms with Crippen molar-refractivity contribution >= 4 is 29.2 Å². The number of aryl methyl sites for hydroxylation is 1. The Balaban J connectivity index is 1.79. The van der Waals surface area contributed by atoms with Gasteiger partial charge < -0.3 is 15.7 Å². The van der Waals surface area contributed by atoms with Crippen molar-refractivity contribution in [2.75, 3.05) is 10.6 Å². The van der Waals surface area contributed by atoms with Crippen molar-refractivity contribution in [1.29, 1.82) is 0 Å². The van der Waals surface area contributed by atoms with Gasteiger partial charge in [0.2, 0.25) is 11.8 Å². The highest BCUT2D eigenvalue weighted by atomic mass is 16.4. The van der Waals surface area contributed by atoms with Gasteiger partial charge in [0.05, 0.1) is 11.8 Å². The third kappa shape index (κ3) is 3.89. The summed E-state index contributed by atoms with van der Waals surface area (Å²) in [5.41, 5.74) is 1.49. The average Bonchev–Trinajstić information content (AvgIpc) is 2.62. The molecule has 6 nitrogen and oxygen atoms in total. The number of hydrogen-bond donors (Lipinski definition) is 3. The molecule has 1 aromatic carbocycles. The highest BCUT2D eigenvalue weighted by Crippen LogP contribution is 2.42. The van der Waals surface area contributed by atoms with Crippen LogP contribution in [0.15, 0.2) is 18.2 Å². The topological polar surface area (TPSA) is 95.5 Å². The van der Waals surface area contributed by atoms with E-state index in [0.717, 1.165) is 43.4 Å². The molecule has 1 saturated carbocycles. The van der Waals surface area contributed by atoms with Crippen molar-refractivity contribution in [3.05, 3.63) is 23.8 Å². The first-order chi connectivity index (χ1) is 12.4. The second-order valence-corrected chi connectivity index (χ2v) is 7.70. The van der Waals surface area contributed by atoms with Crippen LogP contribution >= 0.6 is 0 Å². The molecule has 2 aliphatic rings. The molecular weight excluding hydrogens is 332 g/mol. The van der Waals surface area contributed by atoms with Crippen LogP contribution in [0.5, 0.6) is 0 Å². The van der Waals surface area contributed by atoms with Gasteiger partial charge in [0.15, 0.2) is 0 Å². The monoisotopic (exact) mass is 358 g/mol. The van der Waals surface area contributed by atoms with E-state index in [4.69, 9.17) is 0 Å². The van der Waals surface area contributed by atoms with Gasteiger partial charge in [0, 0.05) is 17.8 Å². The molecular formula is C20H26N2O4. The van der Waals surface area contributed by atoms with E-state index in [0.29, 0.717) is 18.5 Å². The van der Waals surface area contributed by atoms with E-state index in [1.807, 2.05) is 6.07 Å². The minimum Gasteiger partial charge on any atom is -0.481 e. The van der Waals surface area contributed by atoms with Crippen LogP contribution in [0.4, 0.5) is 11.4 Å². The molecule has 0 aromatic heterocycles. The van der Waals surface area contributed by atoms with Crippen molar-refractivity contribution in [3.63, 3.8) is 0 Å². The number of anilines is 2. The Labute approximate surface area is 153 Å². The molecule has 6 heteroatoms. The van der Waals surface area contributed by atoms with Gasteiger partial charge in [-0.15, -0.1) is 0 Å². The first-order valence-corrected chi connectivity index (χ1v) is 9.34. The van der Waals surface area contributed by atoms with Gasteiger partial charge in [-0.1, -0.05) is 19.3 Å². The lowest BCUT2D eigenvalue weighted by molar-refractivity contribution is -0.145. The predicted molar refractivity (Wildman–Crippen MR) is 99.0 cm³/mol. The highest BCUT2D eigenvalue weighted by molar-refractivity contribution is 5.98. The van der Waals surface area contributed by atoms with E-state index in [9.17, 15) is 19.5 Å². The molecule has 0 saturated heterocycles. The number of carbonyl (C=O) groups excluding carboxylic acids is 2. The molecule has 1 atom stereocenters. The molecule has 1 aliphatic carbocycles. The highest BCUT2D eigenvalue weighted by Gasteiger charge is 2.43. The second-order valence-electron chi connectivity index (χ2n) is 7.70. The molecule has 1 heterocycles. The number of fused-ring (bicyclic) bond motifs is 1. The number of carbonyl (C=O) groups is 3. The van der Waals surface area contributed by atoms with Crippen molar-refractivity contribution < 1.29 is 19.5 Å². The van der Waals surface area contributed by atoms with Gasteiger partial charge in [-0.05, 0) is 55.9 Å². The zero-order valence-electron chi connectivity index (χ0n) is 15.1. The smallest absolute Gasteiger partial charge is 0.304 e. The molecule has 1 aliphatic heterocycles. The summed E-state index contributed by atoms with van der Waals surface area (Å²) in [4.78, 5) is 35.9. The van der Waals surface area contributed by atoms with Crippen LogP contribution in [-0.4, -0.2) is 22.9 Å². The summed E-state index contributed by atoms with van der Waals surface area (Å²) in [7, 11) is 0. The maximum atomic E-state index is 13.0. The van der Waals surface area contributed by atoms with Crippen LogP contribution in [0.2, 0.25) is 0 Å².